The molecule has 1 atom stereocenters. The summed E-state index contributed by atoms with van der Waals surface area (Å²) >= 11 is 7.94. The number of halogens is 1. The molecule has 0 spiro atoms. The minimum absolute atomic E-state index is 0.452. The van der Waals surface area contributed by atoms with Crippen LogP contribution in [0.1, 0.15) is 38.9 Å². The van der Waals surface area contributed by atoms with Crippen LogP contribution < -0.4 is 0 Å². The fraction of sp³-hybridized carbons (Fsp3) is 0.538. The van der Waals surface area contributed by atoms with Crippen molar-refractivity contribution < 1.29 is 5.11 Å². The van der Waals surface area contributed by atoms with Crippen LogP contribution >= 0.6 is 23.4 Å². The second-order valence-corrected chi connectivity index (χ2v) is 5.94. The van der Waals surface area contributed by atoms with E-state index in [-0.39, 0.29) is 0 Å². The van der Waals surface area contributed by atoms with Crippen LogP contribution in [0.3, 0.4) is 0 Å². The molecule has 0 aliphatic heterocycles. The Morgan fingerprint density at radius 3 is 2.50 bits per heavy atom. The third-order valence-electron chi connectivity index (χ3n) is 2.39. The molecule has 16 heavy (non-hydrogen) atoms. The maximum absolute atomic E-state index is 9.42. The average molecular weight is 259 g/mol. The third-order valence-corrected chi connectivity index (χ3v) is 3.92. The van der Waals surface area contributed by atoms with E-state index in [1.54, 1.807) is 18.7 Å². The molecule has 0 aliphatic carbocycles. The van der Waals surface area contributed by atoms with Crippen molar-refractivity contribution in [2.24, 2.45) is 5.92 Å². The van der Waals surface area contributed by atoms with E-state index in [2.05, 4.69) is 13.8 Å². The Bertz CT molecular complexity index is 337. The summed E-state index contributed by atoms with van der Waals surface area (Å²) < 4.78 is 0. The van der Waals surface area contributed by atoms with E-state index in [0.29, 0.717) is 0 Å². The second kappa shape index (κ2) is 6.53. The normalized spacial score (nSPS) is 13.1. The molecule has 1 aromatic carbocycles. The Morgan fingerprint density at radius 1 is 1.31 bits per heavy atom. The van der Waals surface area contributed by atoms with Gasteiger partial charge < -0.3 is 5.11 Å². The summed E-state index contributed by atoms with van der Waals surface area (Å²) in [6.45, 7) is 6.19. The molecule has 0 saturated heterocycles. The molecule has 1 aromatic rings. The van der Waals surface area contributed by atoms with Crippen LogP contribution in [-0.2, 0) is 0 Å². The zero-order chi connectivity index (χ0) is 12.1. The molecule has 3 heteroatoms. The zero-order valence-corrected chi connectivity index (χ0v) is 11.6. The van der Waals surface area contributed by atoms with Gasteiger partial charge in [0.25, 0.3) is 0 Å². The van der Waals surface area contributed by atoms with Crippen LogP contribution in [-0.4, -0.2) is 10.9 Å². The number of thioether (sulfide) groups is 1. The first-order chi connectivity index (χ1) is 7.50. The molecule has 1 rings (SSSR count). The highest BCUT2D eigenvalue weighted by atomic mass is 35.5. The lowest BCUT2D eigenvalue weighted by molar-refractivity contribution is 0.199. The molecule has 1 N–H and O–H groups in total. The number of aliphatic hydroxyl groups excluding tert-OH is 1. The maximum Gasteiger partial charge on any atom is 0.0762 e. The molecule has 1 nitrogen and oxygen atoms in total. The summed E-state index contributed by atoms with van der Waals surface area (Å²) in [6, 6.07) is 5.79. The van der Waals surface area contributed by atoms with Crippen LogP contribution in [0, 0.1) is 5.92 Å². The van der Waals surface area contributed by atoms with E-state index in [1.807, 2.05) is 18.2 Å². The summed E-state index contributed by atoms with van der Waals surface area (Å²) in [7, 11) is 0. The highest BCUT2D eigenvalue weighted by molar-refractivity contribution is 7.99. The van der Waals surface area contributed by atoms with Gasteiger partial charge in [0.05, 0.1) is 11.1 Å². The molecule has 0 heterocycles. The average Bonchev–Trinajstić information content (AvgIpc) is 2.19. The second-order valence-electron chi connectivity index (χ2n) is 4.40. The first-order valence-electron chi connectivity index (χ1n) is 5.61. The molecule has 90 valence electrons. The van der Waals surface area contributed by atoms with Crippen molar-refractivity contribution in [3.05, 3.63) is 28.8 Å². The van der Waals surface area contributed by atoms with Crippen molar-refractivity contribution in [2.75, 3.05) is 5.75 Å². The highest BCUT2D eigenvalue weighted by Crippen LogP contribution is 2.30. The fourth-order valence-corrected chi connectivity index (χ4v) is 2.82. The van der Waals surface area contributed by atoms with Crippen LogP contribution in [0.15, 0.2) is 23.1 Å². The minimum atomic E-state index is -0.452. The predicted molar refractivity (Wildman–Crippen MR) is 72.3 cm³/mol. The van der Waals surface area contributed by atoms with E-state index in [0.717, 1.165) is 27.2 Å². The largest absolute Gasteiger partial charge is 0.389 e. The van der Waals surface area contributed by atoms with Gasteiger partial charge in [0.1, 0.15) is 0 Å². The summed E-state index contributed by atoms with van der Waals surface area (Å²) in [5, 5.41) is 10.2. The monoisotopic (exact) mass is 258 g/mol. The molecule has 0 amide bonds. The SMILES string of the molecule is CC(C)CCSc1ccc([C@@H](C)O)cc1Cl. The summed E-state index contributed by atoms with van der Waals surface area (Å²) in [4.78, 5) is 1.10. The summed E-state index contributed by atoms with van der Waals surface area (Å²) in [6.07, 6.45) is 0.742. The van der Waals surface area contributed by atoms with Crippen LogP contribution in [0.4, 0.5) is 0 Å². The van der Waals surface area contributed by atoms with Crippen LogP contribution in [0.2, 0.25) is 5.02 Å². The number of hydrogen-bond acceptors (Lipinski definition) is 2. The van der Waals surface area contributed by atoms with E-state index in [4.69, 9.17) is 11.6 Å². The molecule has 0 radical (unpaired) electrons. The first kappa shape index (κ1) is 13.9. The van der Waals surface area contributed by atoms with Crippen molar-refractivity contribution in [3.63, 3.8) is 0 Å². The lowest BCUT2D eigenvalue weighted by Crippen LogP contribution is -1.92. The van der Waals surface area contributed by atoms with Gasteiger partial charge in [-0.25, -0.2) is 0 Å². The molecule has 0 aromatic heterocycles. The minimum Gasteiger partial charge on any atom is -0.389 e. The zero-order valence-electron chi connectivity index (χ0n) is 10.0. The van der Waals surface area contributed by atoms with Gasteiger partial charge in [0.15, 0.2) is 0 Å². The van der Waals surface area contributed by atoms with E-state index >= 15 is 0 Å². The fourth-order valence-electron chi connectivity index (χ4n) is 1.30. The number of hydrogen-bond donors (Lipinski definition) is 1. The molecule has 0 saturated carbocycles. The lowest BCUT2D eigenvalue weighted by atomic mass is 10.1. The quantitative estimate of drug-likeness (QED) is 0.783. The standard InChI is InChI=1S/C13H19ClOS/c1-9(2)6-7-16-13-5-4-11(10(3)15)8-12(13)14/h4-5,8-10,15H,6-7H2,1-3H3/t10-/m1/s1. The molecule has 0 fully saturated rings. The van der Waals surface area contributed by atoms with Gasteiger partial charge in [-0.3, -0.25) is 0 Å². The van der Waals surface area contributed by atoms with Gasteiger partial charge >= 0.3 is 0 Å². The number of aliphatic hydroxyl groups is 1. The van der Waals surface area contributed by atoms with Gasteiger partial charge in [-0.1, -0.05) is 31.5 Å². The lowest BCUT2D eigenvalue weighted by Gasteiger charge is -2.09. The first-order valence-corrected chi connectivity index (χ1v) is 6.97. The number of benzene rings is 1. The molecular weight excluding hydrogens is 240 g/mol. The number of rotatable bonds is 5. The summed E-state index contributed by atoms with van der Waals surface area (Å²) in [5.74, 6) is 1.81. The molecule has 0 unspecified atom stereocenters. The Kier molecular flexibility index (Phi) is 5.67. The highest BCUT2D eigenvalue weighted by Gasteiger charge is 2.06. The van der Waals surface area contributed by atoms with Crippen molar-refractivity contribution in [1.82, 2.24) is 0 Å². The van der Waals surface area contributed by atoms with Gasteiger partial charge in [-0.2, -0.15) is 0 Å². The van der Waals surface area contributed by atoms with Crippen molar-refractivity contribution in [3.8, 4) is 0 Å². The smallest absolute Gasteiger partial charge is 0.0762 e. The van der Waals surface area contributed by atoms with Crippen molar-refractivity contribution >= 4 is 23.4 Å². The van der Waals surface area contributed by atoms with E-state index in [9.17, 15) is 5.11 Å². The Hall–Kier alpha value is -0.180. The maximum atomic E-state index is 9.42. The Balaban J connectivity index is 2.61. The van der Waals surface area contributed by atoms with Gasteiger partial charge in [0.2, 0.25) is 0 Å². The topological polar surface area (TPSA) is 20.2 Å². The van der Waals surface area contributed by atoms with Gasteiger partial charge in [-0.05, 0) is 42.7 Å². The van der Waals surface area contributed by atoms with Crippen molar-refractivity contribution in [2.45, 2.75) is 38.2 Å². The Labute approximate surface area is 107 Å². The molecular formula is C13H19ClOS. The summed E-state index contributed by atoms with van der Waals surface area (Å²) in [5.41, 5.74) is 0.873. The van der Waals surface area contributed by atoms with E-state index in [1.165, 1.54) is 6.42 Å². The third kappa shape index (κ3) is 4.36. The molecule has 0 bridgehead atoms. The van der Waals surface area contributed by atoms with Gasteiger partial charge in [0, 0.05) is 4.90 Å². The van der Waals surface area contributed by atoms with Crippen LogP contribution in [0.5, 0.6) is 0 Å². The predicted octanol–water partition coefficient (Wildman–Crippen LogP) is 4.53. The molecule has 0 aliphatic rings. The van der Waals surface area contributed by atoms with Crippen LogP contribution in [0.25, 0.3) is 0 Å². The Morgan fingerprint density at radius 2 is 2.00 bits per heavy atom. The van der Waals surface area contributed by atoms with Gasteiger partial charge in [-0.15, -0.1) is 11.8 Å². The van der Waals surface area contributed by atoms with Crippen molar-refractivity contribution in [1.29, 1.82) is 0 Å². The van der Waals surface area contributed by atoms with E-state index < -0.39 is 6.10 Å².